The van der Waals surface area contributed by atoms with Crippen molar-refractivity contribution in [2.75, 3.05) is 13.2 Å². The van der Waals surface area contributed by atoms with Crippen molar-refractivity contribution >= 4 is 11.9 Å². The minimum absolute atomic E-state index is 0.00985. The predicted molar refractivity (Wildman–Crippen MR) is 315 cm³/mol. The van der Waals surface area contributed by atoms with Crippen molar-refractivity contribution in [2.45, 2.75) is 373 Å². The maximum Gasteiger partial charge on any atom is 0.305 e. The van der Waals surface area contributed by atoms with Crippen LogP contribution in [0, 0.1) is 0 Å². The Kier molecular flexibility index (Phi) is 60.5. The van der Waals surface area contributed by atoms with Crippen LogP contribution in [-0.4, -0.2) is 47.4 Å². The molecule has 0 radical (unpaired) electrons. The van der Waals surface area contributed by atoms with Gasteiger partial charge >= 0.3 is 5.97 Å². The smallest absolute Gasteiger partial charge is 0.305 e. The van der Waals surface area contributed by atoms with Gasteiger partial charge in [0.05, 0.1) is 25.4 Å². The molecule has 3 N–H and O–H groups in total. The molecule has 1 amide bonds. The Bertz CT molecular complexity index is 1120. The third-order valence-corrected chi connectivity index (χ3v) is 15.2. The fraction of sp³-hybridized carbons (Fsp3) is 0.909. The van der Waals surface area contributed by atoms with Crippen molar-refractivity contribution in [3.63, 3.8) is 0 Å². The number of carbonyl (C=O) groups is 2. The molecule has 0 bridgehead atoms. The van der Waals surface area contributed by atoms with E-state index in [1.807, 2.05) is 6.08 Å². The summed E-state index contributed by atoms with van der Waals surface area (Å²) in [6, 6.07) is -0.625. The third kappa shape index (κ3) is 57.6. The normalized spacial score (nSPS) is 12.7. The van der Waals surface area contributed by atoms with Crippen molar-refractivity contribution in [1.82, 2.24) is 5.32 Å². The molecular formula is C66H127NO5. The van der Waals surface area contributed by atoms with E-state index < -0.39 is 12.1 Å². The summed E-state index contributed by atoms with van der Waals surface area (Å²) in [5, 5.41) is 23.1. The molecule has 0 aliphatic heterocycles. The van der Waals surface area contributed by atoms with Gasteiger partial charge in [-0.15, -0.1) is 0 Å². The first kappa shape index (κ1) is 70.3. The Morgan fingerprint density at radius 1 is 0.375 bits per heavy atom. The molecule has 0 fully saturated rings. The van der Waals surface area contributed by atoms with Gasteiger partial charge in [-0.05, 0) is 57.8 Å². The largest absolute Gasteiger partial charge is 0.466 e. The number of ether oxygens (including phenoxy) is 1. The van der Waals surface area contributed by atoms with E-state index in [1.54, 1.807) is 6.08 Å². The number of unbranched alkanes of at least 4 members (excludes halogenated alkanes) is 48. The van der Waals surface area contributed by atoms with E-state index in [1.165, 1.54) is 289 Å². The molecule has 0 rings (SSSR count). The van der Waals surface area contributed by atoms with Crippen LogP contribution in [0.25, 0.3) is 0 Å². The first-order chi connectivity index (χ1) is 35.5. The molecule has 6 heteroatoms. The number of esters is 1. The van der Waals surface area contributed by atoms with Gasteiger partial charge in [-0.2, -0.15) is 0 Å². The van der Waals surface area contributed by atoms with Crippen molar-refractivity contribution in [3.05, 3.63) is 24.3 Å². The summed E-state index contributed by atoms with van der Waals surface area (Å²) < 4.78 is 5.49. The number of amides is 1. The molecule has 0 spiro atoms. The van der Waals surface area contributed by atoms with Gasteiger partial charge in [0.25, 0.3) is 0 Å². The van der Waals surface area contributed by atoms with E-state index in [9.17, 15) is 19.8 Å². The molecule has 0 aromatic carbocycles. The van der Waals surface area contributed by atoms with Gasteiger partial charge in [-0.25, -0.2) is 0 Å². The summed E-state index contributed by atoms with van der Waals surface area (Å²) in [4.78, 5) is 24.5. The van der Waals surface area contributed by atoms with Crippen LogP contribution in [0.1, 0.15) is 361 Å². The highest BCUT2D eigenvalue weighted by atomic mass is 16.5. The second-order valence-electron chi connectivity index (χ2n) is 22.5. The Hall–Kier alpha value is -1.66. The van der Waals surface area contributed by atoms with Crippen LogP contribution < -0.4 is 5.32 Å². The Labute approximate surface area is 450 Å². The van der Waals surface area contributed by atoms with E-state index in [0.717, 1.165) is 44.9 Å². The summed E-state index contributed by atoms with van der Waals surface area (Å²) in [6.07, 6.45) is 76.6. The predicted octanol–water partition coefficient (Wildman–Crippen LogP) is 20.6. The minimum Gasteiger partial charge on any atom is -0.466 e. The summed E-state index contributed by atoms with van der Waals surface area (Å²) in [5.41, 5.74) is 0. The van der Waals surface area contributed by atoms with Crippen LogP contribution in [0.3, 0.4) is 0 Å². The quantitative estimate of drug-likeness (QED) is 0.0320. The number of nitrogens with one attached hydrogen (secondary N) is 1. The summed E-state index contributed by atoms with van der Waals surface area (Å²) in [7, 11) is 0. The molecule has 2 unspecified atom stereocenters. The number of carbonyl (C=O) groups excluding carboxylic acids is 2. The first-order valence-electron chi connectivity index (χ1n) is 32.6. The van der Waals surface area contributed by atoms with Crippen LogP contribution >= 0.6 is 0 Å². The summed E-state index contributed by atoms with van der Waals surface area (Å²) >= 11 is 0. The fourth-order valence-corrected chi connectivity index (χ4v) is 10.2. The maximum atomic E-state index is 12.5. The van der Waals surface area contributed by atoms with Crippen LogP contribution in [0.15, 0.2) is 24.3 Å². The van der Waals surface area contributed by atoms with E-state index in [0.29, 0.717) is 19.4 Å². The highest BCUT2D eigenvalue weighted by Crippen LogP contribution is 2.18. The van der Waals surface area contributed by atoms with Gasteiger partial charge in [0, 0.05) is 12.8 Å². The maximum absolute atomic E-state index is 12.5. The van der Waals surface area contributed by atoms with Crippen LogP contribution in [0.4, 0.5) is 0 Å². The molecule has 0 saturated heterocycles. The van der Waals surface area contributed by atoms with Crippen molar-refractivity contribution < 1.29 is 24.5 Å². The van der Waals surface area contributed by atoms with Gasteiger partial charge < -0.3 is 20.3 Å². The average molecular weight is 1010 g/mol. The zero-order valence-electron chi connectivity index (χ0n) is 48.7. The van der Waals surface area contributed by atoms with Crippen LogP contribution in [0.5, 0.6) is 0 Å². The van der Waals surface area contributed by atoms with E-state index in [2.05, 4.69) is 31.3 Å². The molecule has 6 nitrogen and oxygen atoms in total. The molecule has 0 aliphatic rings. The lowest BCUT2D eigenvalue weighted by atomic mass is 10.0. The summed E-state index contributed by atoms with van der Waals surface area (Å²) in [6.45, 7) is 4.92. The van der Waals surface area contributed by atoms with Gasteiger partial charge in [0.2, 0.25) is 5.91 Å². The number of allylic oxidation sites excluding steroid dienone is 3. The van der Waals surface area contributed by atoms with Crippen LogP contribution in [-0.2, 0) is 14.3 Å². The monoisotopic (exact) mass is 1010 g/mol. The standard InChI is InChI=1S/C66H127NO5/c1-3-5-7-9-11-13-15-17-18-32-36-40-44-48-52-56-60-66(71)72-61-57-53-49-45-41-37-33-30-28-26-24-22-20-19-21-23-25-27-29-31-35-39-43-47-51-55-59-65(70)67-63(62-68)64(69)58-54-50-46-42-38-34-16-14-12-10-8-6-4-2/h18,32,54,58,63-64,68-69H,3-17,19-31,33-53,55-57,59-62H2,1-2H3,(H,67,70)/b32-18-,58-54+. The second kappa shape index (κ2) is 61.9. The molecule has 0 aromatic heterocycles. The topological polar surface area (TPSA) is 95.9 Å². The van der Waals surface area contributed by atoms with Gasteiger partial charge in [-0.1, -0.05) is 314 Å². The van der Waals surface area contributed by atoms with Gasteiger partial charge in [0.1, 0.15) is 0 Å². The van der Waals surface area contributed by atoms with Gasteiger partial charge in [0.15, 0.2) is 0 Å². The Balaban J connectivity index is 3.35. The lowest BCUT2D eigenvalue weighted by Crippen LogP contribution is -2.45. The van der Waals surface area contributed by atoms with Crippen molar-refractivity contribution in [1.29, 1.82) is 0 Å². The highest BCUT2D eigenvalue weighted by Gasteiger charge is 2.18. The fourth-order valence-electron chi connectivity index (χ4n) is 10.2. The number of aliphatic hydroxyl groups excluding tert-OH is 2. The van der Waals surface area contributed by atoms with Crippen molar-refractivity contribution in [2.24, 2.45) is 0 Å². The molecule has 0 aliphatic carbocycles. The Morgan fingerprint density at radius 2 is 0.653 bits per heavy atom. The molecule has 2 atom stereocenters. The molecule has 0 heterocycles. The first-order valence-corrected chi connectivity index (χ1v) is 32.6. The van der Waals surface area contributed by atoms with Crippen LogP contribution in [0.2, 0.25) is 0 Å². The molecular weight excluding hydrogens is 887 g/mol. The molecule has 426 valence electrons. The number of hydrogen-bond acceptors (Lipinski definition) is 5. The number of hydrogen-bond donors (Lipinski definition) is 3. The van der Waals surface area contributed by atoms with E-state index >= 15 is 0 Å². The van der Waals surface area contributed by atoms with Crippen molar-refractivity contribution in [3.8, 4) is 0 Å². The Morgan fingerprint density at radius 3 is 0.986 bits per heavy atom. The zero-order chi connectivity index (χ0) is 52.2. The van der Waals surface area contributed by atoms with Gasteiger partial charge in [-0.3, -0.25) is 9.59 Å². The number of aliphatic hydroxyl groups is 2. The SMILES string of the molecule is CCCCCCCCC/C=C\CCCCCCCC(=O)OCCCCCCCCCCCCCCCCCCCCCCCCCCCCC(=O)NC(CO)C(O)/C=C/CCCCCCCCCCCCC. The average Bonchev–Trinajstić information content (AvgIpc) is 3.38. The third-order valence-electron chi connectivity index (χ3n) is 15.2. The lowest BCUT2D eigenvalue weighted by Gasteiger charge is -2.20. The van der Waals surface area contributed by atoms with E-state index in [-0.39, 0.29) is 18.5 Å². The second-order valence-corrected chi connectivity index (χ2v) is 22.5. The molecule has 0 aromatic rings. The summed E-state index contributed by atoms with van der Waals surface area (Å²) in [5.74, 6) is -0.0548. The lowest BCUT2D eigenvalue weighted by molar-refractivity contribution is -0.143. The zero-order valence-corrected chi connectivity index (χ0v) is 48.7. The number of rotatable bonds is 61. The molecule has 72 heavy (non-hydrogen) atoms. The molecule has 0 saturated carbocycles. The van der Waals surface area contributed by atoms with E-state index in [4.69, 9.17) is 4.74 Å². The minimum atomic E-state index is -0.842. The highest BCUT2D eigenvalue weighted by molar-refractivity contribution is 5.76.